The van der Waals surface area contributed by atoms with Crippen molar-refractivity contribution in [1.82, 2.24) is 0 Å². The Morgan fingerprint density at radius 3 is 2.85 bits per heavy atom. The van der Waals surface area contributed by atoms with Gasteiger partial charge in [0.1, 0.15) is 0 Å². The van der Waals surface area contributed by atoms with Crippen molar-refractivity contribution in [3.63, 3.8) is 0 Å². The zero-order valence-electron chi connectivity index (χ0n) is 8.72. The number of unbranched alkanes of at least 4 members (excludes halogenated alkanes) is 1. The number of ether oxygens (including phenoxy) is 1. The van der Waals surface area contributed by atoms with Gasteiger partial charge in [0.2, 0.25) is 0 Å². The molecule has 0 saturated carbocycles. The van der Waals surface area contributed by atoms with Crippen molar-refractivity contribution in [1.29, 1.82) is 0 Å². The van der Waals surface area contributed by atoms with Crippen molar-refractivity contribution in [2.24, 2.45) is 0 Å². The van der Waals surface area contributed by atoms with Crippen LogP contribution in [0.4, 0.5) is 0 Å². The highest BCUT2D eigenvalue weighted by molar-refractivity contribution is 4.77. The van der Waals surface area contributed by atoms with Crippen LogP contribution in [-0.4, -0.2) is 23.9 Å². The van der Waals surface area contributed by atoms with Crippen molar-refractivity contribution >= 4 is 0 Å². The fourth-order valence-electron chi connectivity index (χ4n) is 1.98. The molecular weight excluding hydrogens is 164 g/mol. The van der Waals surface area contributed by atoms with E-state index in [1.54, 1.807) is 0 Å². The summed E-state index contributed by atoms with van der Waals surface area (Å²) in [7, 11) is 0. The van der Waals surface area contributed by atoms with Crippen LogP contribution in [0.15, 0.2) is 0 Å². The Balaban J connectivity index is 2.25. The Morgan fingerprint density at radius 2 is 2.08 bits per heavy atom. The predicted molar refractivity (Wildman–Crippen MR) is 53.8 cm³/mol. The van der Waals surface area contributed by atoms with Crippen LogP contribution in [-0.2, 0) is 4.74 Å². The quantitative estimate of drug-likeness (QED) is 0.683. The number of rotatable bonds is 4. The minimum absolute atomic E-state index is 0.103. The molecule has 2 nitrogen and oxygen atoms in total. The van der Waals surface area contributed by atoms with Crippen LogP contribution in [0, 0.1) is 0 Å². The predicted octanol–water partition coefficient (Wildman–Crippen LogP) is 2.50. The third kappa shape index (κ3) is 4.10. The van der Waals surface area contributed by atoms with Gasteiger partial charge in [-0.3, -0.25) is 0 Å². The van der Waals surface area contributed by atoms with E-state index in [2.05, 4.69) is 6.92 Å². The second-order valence-corrected chi connectivity index (χ2v) is 4.29. The van der Waals surface area contributed by atoms with Gasteiger partial charge in [0.25, 0.3) is 0 Å². The number of hydrogen-bond donors (Lipinski definition) is 1. The number of hydrogen-bond acceptors (Lipinski definition) is 2. The van der Waals surface area contributed by atoms with Crippen molar-refractivity contribution < 1.29 is 9.84 Å². The van der Waals surface area contributed by atoms with Crippen LogP contribution in [0.25, 0.3) is 0 Å². The fraction of sp³-hybridized carbons (Fsp3) is 1.00. The van der Waals surface area contributed by atoms with Crippen molar-refractivity contribution in [2.45, 2.75) is 57.5 Å². The summed E-state index contributed by atoms with van der Waals surface area (Å²) in [5.74, 6) is 0. The molecule has 0 radical (unpaired) electrons. The normalized spacial score (nSPS) is 30.0. The summed E-state index contributed by atoms with van der Waals surface area (Å²) in [4.78, 5) is 0. The molecule has 0 aromatic rings. The molecule has 0 aromatic carbocycles. The highest BCUT2D eigenvalue weighted by atomic mass is 16.5. The van der Waals surface area contributed by atoms with Gasteiger partial charge >= 0.3 is 0 Å². The molecule has 1 aliphatic rings. The zero-order valence-corrected chi connectivity index (χ0v) is 8.72. The maximum Gasteiger partial charge on any atom is 0.0654 e. The molecule has 13 heavy (non-hydrogen) atoms. The van der Waals surface area contributed by atoms with Crippen molar-refractivity contribution in [3.05, 3.63) is 0 Å². The van der Waals surface area contributed by atoms with Gasteiger partial charge in [0.15, 0.2) is 0 Å². The summed E-state index contributed by atoms with van der Waals surface area (Å²) >= 11 is 0. The molecule has 0 aliphatic carbocycles. The highest BCUT2D eigenvalue weighted by Gasteiger charge is 2.25. The van der Waals surface area contributed by atoms with Crippen molar-refractivity contribution in [2.75, 3.05) is 13.2 Å². The van der Waals surface area contributed by atoms with Crippen molar-refractivity contribution in [3.8, 4) is 0 Å². The van der Waals surface area contributed by atoms with Gasteiger partial charge in [-0.1, -0.05) is 12.8 Å². The van der Waals surface area contributed by atoms with E-state index in [0.717, 1.165) is 25.9 Å². The van der Waals surface area contributed by atoms with Crippen LogP contribution in [0.2, 0.25) is 0 Å². The standard InChI is InChI=1S/C11H22O2/c1-11(8-4-5-9-12)7-3-2-6-10-13-11/h12H,2-10H2,1H3. The third-order valence-electron chi connectivity index (χ3n) is 2.91. The molecule has 1 rings (SSSR count). The molecular formula is C11H22O2. The summed E-state index contributed by atoms with van der Waals surface area (Å²) in [5.41, 5.74) is 0.103. The van der Waals surface area contributed by atoms with E-state index in [4.69, 9.17) is 9.84 Å². The average molecular weight is 186 g/mol. The van der Waals surface area contributed by atoms with E-state index < -0.39 is 0 Å². The molecule has 0 spiro atoms. The minimum atomic E-state index is 0.103. The maximum atomic E-state index is 8.69. The maximum absolute atomic E-state index is 8.69. The van der Waals surface area contributed by atoms with Crippen LogP contribution in [0.5, 0.6) is 0 Å². The molecule has 2 heteroatoms. The van der Waals surface area contributed by atoms with Gasteiger partial charge < -0.3 is 9.84 Å². The first-order chi connectivity index (χ1) is 6.27. The first-order valence-corrected chi connectivity index (χ1v) is 5.52. The van der Waals surface area contributed by atoms with Crippen LogP contribution in [0.1, 0.15) is 51.9 Å². The second-order valence-electron chi connectivity index (χ2n) is 4.29. The summed E-state index contributed by atoms with van der Waals surface area (Å²) < 4.78 is 5.86. The first kappa shape index (κ1) is 11.0. The number of aliphatic hydroxyl groups is 1. The molecule has 1 aliphatic heterocycles. The van der Waals surface area contributed by atoms with Gasteiger partial charge in [-0.25, -0.2) is 0 Å². The van der Waals surface area contributed by atoms with Crippen LogP contribution < -0.4 is 0 Å². The molecule has 0 aromatic heterocycles. The molecule has 1 N–H and O–H groups in total. The Kier molecular flexibility index (Phi) is 4.74. The van der Waals surface area contributed by atoms with Crippen LogP contribution >= 0.6 is 0 Å². The Morgan fingerprint density at radius 1 is 1.23 bits per heavy atom. The lowest BCUT2D eigenvalue weighted by Gasteiger charge is -2.28. The van der Waals surface area contributed by atoms with Gasteiger partial charge in [-0.2, -0.15) is 0 Å². The monoisotopic (exact) mass is 186 g/mol. The molecule has 1 atom stereocenters. The van der Waals surface area contributed by atoms with Gasteiger partial charge in [-0.05, 0) is 39.0 Å². The summed E-state index contributed by atoms with van der Waals surface area (Å²) in [6.45, 7) is 3.46. The van der Waals surface area contributed by atoms with Gasteiger partial charge in [0, 0.05) is 13.2 Å². The van der Waals surface area contributed by atoms with Crippen LogP contribution in [0.3, 0.4) is 0 Å². The van der Waals surface area contributed by atoms with Gasteiger partial charge in [0.05, 0.1) is 5.60 Å². The summed E-state index contributed by atoms with van der Waals surface area (Å²) in [6, 6.07) is 0. The smallest absolute Gasteiger partial charge is 0.0654 e. The molecule has 0 bridgehead atoms. The molecule has 1 unspecified atom stereocenters. The minimum Gasteiger partial charge on any atom is -0.396 e. The average Bonchev–Trinajstić information content (AvgIpc) is 2.31. The lowest BCUT2D eigenvalue weighted by atomic mass is 9.93. The van der Waals surface area contributed by atoms with E-state index in [-0.39, 0.29) is 5.60 Å². The Bertz CT molecular complexity index is 126. The SMILES string of the molecule is CC1(CCCCO)CCCCCO1. The lowest BCUT2D eigenvalue weighted by Crippen LogP contribution is -2.27. The summed E-state index contributed by atoms with van der Waals surface area (Å²) in [5, 5.41) is 8.69. The van der Waals surface area contributed by atoms with E-state index in [1.165, 1.54) is 25.7 Å². The summed E-state index contributed by atoms with van der Waals surface area (Å²) in [6.07, 6.45) is 8.14. The van der Waals surface area contributed by atoms with E-state index in [9.17, 15) is 0 Å². The lowest BCUT2D eigenvalue weighted by molar-refractivity contribution is -0.0361. The molecule has 1 saturated heterocycles. The number of aliphatic hydroxyl groups excluding tert-OH is 1. The topological polar surface area (TPSA) is 29.5 Å². The zero-order chi connectivity index (χ0) is 9.57. The molecule has 78 valence electrons. The largest absolute Gasteiger partial charge is 0.396 e. The molecule has 1 heterocycles. The third-order valence-corrected chi connectivity index (χ3v) is 2.91. The van der Waals surface area contributed by atoms with E-state index >= 15 is 0 Å². The van der Waals surface area contributed by atoms with E-state index in [0.29, 0.717) is 6.61 Å². The Labute approximate surface area is 81.3 Å². The van der Waals surface area contributed by atoms with Gasteiger partial charge in [-0.15, -0.1) is 0 Å². The van der Waals surface area contributed by atoms with E-state index in [1.807, 2.05) is 0 Å². The second kappa shape index (κ2) is 5.61. The Hall–Kier alpha value is -0.0800. The first-order valence-electron chi connectivity index (χ1n) is 5.52. The molecule has 0 amide bonds. The highest BCUT2D eigenvalue weighted by Crippen LogP contribution is 2.28. The fourth-order valence-corrected chi connectivity index (χ4v) is 1.98. The molecule has 1 fully saturated rings.